The number of aryl methyl sites for hydroxylation is 1. The summed E-state index contributed by atoms with van der Waals surface area (Å²) in [5.41, 5.74) is 1.16. The third kappa shape index (κ3) is 7.68. The number of ether oxygens (including phenoxy) is 2. The van der Waals surface area contributed by atoms with E-state index < -0.39 is 23.8 Å². The van der Waals surface area contributed by atoms with Crippen LogP contribution in [-0.2, 0) is 14.3 Å². The molecular weight excluding hydrogens is 472 g/mol. The highest BCUT2D eigenvalue weighted by atomic mass is 16.6. The molecule has 0 aliphatic heterocycles. The highest BCUT2D eigenvalue weighted by Gasteiger charge is 2.43. The van der Waals surface area contributed by atoms with Crippen LogP contribution in [0.5, 0.6) is 5.75 Å². The first-order chi connectivity index (χ1) is 17.5. The molecule has 3 rings (SSSR count). The number of esters is 1. The van der Waals surface area contributed by atoms with Crippen LogP contribution >= 0.6 is 0 Å². The first-order valence-electron chi connectivity index (χ1n) is 13.4. The Morgan fingerprint density at radius 3 is 2.51 bits per heavy atom. The van der Waals surface area contributed by atoms with E-state index in [1.165, 1.54) is 0 Å². The Balaban J connectivity index is 1.70. The van der Waals surface area contributed by atoms with Crippen molar-refractivity contribution in [3.8, 4) is 5.75 Å². The molecule has 1 aromatic rings. The summed E-state index contributed by atoms with van der Waals surface area (Å²) in [7, 11) is 0. The lowest BCUT2D eigenvalue weighted by Gasteiger charge is -2.42. The van der Waals surface area contributed by atoms with E-state index in [9.17, 15) is 19.8 Å². The van der Waals surface area contributed by atoms with E-state index in [4.69, 9.17) is 14.6 Å². The molecule has 7 heteroatoms. The number of aliphatic carboxylic acids is 1. The summed E-state index contributed by atoms with van der Waals surface area (Å²) in [5, 5.41) is 29.2. The van der Waals surface area contributed by atoms with E-state index in [0.717, 1.165) is 24.0 Å². The normalized spacial score (nSPS) is 26.3. The number of hydrogen-bond acceptors (Lipinski definition) is 6. The molecule has 0 saturated heterocycles. The number of aliphatic hydroxyl groups excluding tert-OH is 2. The number of carboxylic acids is 1. The zero-order chi connectivity index (χ0) is 27.2. The number of aliphatic hydroxyl groups is 2. The van der Waals surface area contributed by atoms with Gasteiger partial charge in [0.2, 0.25) is 5.60 Å². The molecule has 0 saturated carbocycles. The molecule has 7 unspecified atom stereocenters. The summed E-state index contributed by atoms with van der Waals surface area (Å²) in [5.74, 6) is -0.459. The van der Waals surface area contributed by atoms with Gasteiger partial charge < -0.3 is 24.8 Å². The fraction of sp³-hybridized carbons (Fsp3) is 0.600. The second-order valence-corrected chi connectivity index (χ2v) is 10.9. The standard InChI is InChI=1S/C30H42O7/c1-5-30(4,37-24-14-9-19(2)10-15-24)29(35)36-26-8-6-7-21-12-11-20(3)25(28(21)26)16-13-22(31)17-23(32)18-27(33)34/h7,9-12,14-15,20,22-23,25-26,28,31-32H,5-6,8,13,16-18H2,1-4H3,(H,33,34). The molecule has 0 fully saturated rings. The van der Waals surface area contributed by atoms with E-state index in [1.807, 2.05) is 38.1 Å². The second-order valence-electron chi connectivity index (χ2n) is 10.9. The Hall–Kier alpha value is -2.64. The summed E-state index contributed by atoms with van der Waals surface area (Å²) in [6, 6.07) is 7.62. The Labute approximate surface area is 220 Å². The van der Waals surface area contributed by atoms with Crippen molar-refractivity contribution < 1.29 is 34.4 Å². The lowest BCUT2D eigenvalue weighted by atomic mass is 9.66. The predicted octanol–water partition coefficient (Wildman–Crippen LogP) is 4.98. The summed E-state index contributed by atoms with van der Waals surface area (Å²) in [6.45, 7) is 7.82. The van der Waals surface area contributed by atoms with Crippen molar-refractivity contribution in [3.63, 3.8) is 0 Å². The Bertz CT molecular complexity index is 982. The maximum atomic E-state index is 13.5. The number of fused-ring (bicyclic) bond motifs is 1. The highest BCUT2D eigenvalue weighted by molar-refractivity contribution is 5.79. The number of carbonyl (C=O) groups is 2. The molecule has 2 aliphatic rings. The van der Waals surface area contributed by atoms with Gasteiger partial charge >= 0.3 is 11.9 Å². The van der Waals surface area contributed by atoms with Crippen molar-refractivity contribution in [2.75, 3.05) is 0 Å². The quantitative estimate of drug-likeness (QED) is 0.337. The molecule has 0 bridgehead atoms. The molecule has 0 spiro atoms. The van der Waals surface area contributed by atoms with Crippen LogP contribution in [0, 0.1) is 24.7 Å². The van der Waals surface area contributed by atoms with Crippen molar-refractivity contribution >= 4 is 11.9 Å². The van der Waals surface area contributed by atoms with Crippen LogP contribution in [0.3, 0.4) is 0 Å². The van der Waals surface area contributed by atoms with Gasteiger partial charge in [-0.15, -0.1) is 0 Å². The van der Waals surface area contributed by atoms with E-state index in [2.05, 4.69) is 25.2 Å². The van der Waals surface area contributed by atoms with Gasteiger partial charge in [0.15, 0.2) is 0 Å². The van der Waals surface area contributed by atoms with Gasteiger partial charge in [-0.05, 0) is 81.9 Å². The first kappa shape index (κ1) is 28.9. The first-order valence-corrected chi connectivity index (χ1v) is 13.4. The van der Waals surface area contributed by atoms with Gasteiger partial charge in [-0.25, -0.2) is 4.79 Å². The Kier molecular flexibility index (Phi) is 9.96. The predicted molar refractivity (Wildman–Crippen MR) is 141 cm³/mol. The van der Waals surface area contributed by atoms with Gasteiger partial charge in [-0.1, -0.05) is 49.8 Å². The molecule has 0 amide bonds. The maximum absolute atomic E-state index is 13.5. The number of allylic oxidation sites excluding steroid dienone is 3. The van der Waals surface area contributed by atoms with Gasteiger partial charge in [-0.3, -0.25) is 4.79 Å². The summed E-state index contributed by atoms with van der Waals surface area (Å²) >= 11 is 0. The monoisotopic (exact) mass is 514 g/mol. The lowest BCUT2D eigenvalue weighted by molar-refractivity contribution is -0.171. The van der Waals surface area contributed by atoms with E-state index in [0.29, 0.717) is 25.0 Å². The molecule has 0 radical (unpaired) electrons. The second kappa shape index (κ2) is 12.7. The van der Waals surface area contributed by atoms with Gasteiger partial charge in [0, 0.05) is 5.92 Å². The number of hydrogen-bond donors (Lipinski definition) is 3. The number of benzene rings is 1. The van der Waals surface area contributed by atoms with Crippen LogP contribution in [-0.4, -0.2) is 51.2 Å². The van der Waals surface area contributed by atoms with E-state index in [-0.39, 0.29) is 42.7 Å². The Morgan fingerprint density at radius 2 is 1.86 bits per heavy atom. The van der Waals surface area contributed by atoms with Crippen molar-refractivity contribution in [3.05, 3.63) is 53.6 Å². The minimum Gasteiger partial charge on any atom is -0.481 e. The van der Waals surface area contributed by atoms with Crippen molar-refractivity contribution in [1.82, 2.24) is 0 Å². The summed E-state index contributed by atoms with van der Waals surface area (Å²) in [6.07, 6.45) is 7.10. The van der Waals surface area contributed by atoms with Gasteiger partial charge in [0.1, 0.15) is 11.9 Å². The number of carboxylic acid groups (broad SMARTS) is 1. The maximum Gasteiger partial charge on any atom is 0.350 e. The van der Waals surface area contributed by atoms with Crippen LogP contribution in [0.2, 0.25) is 0 Å². The van der Waals surface area contributed by atoms with Crippen LogP contribution in [0.4, 0.5) is 0 Å². The minimum absolute atomic E-state index is 0.00863. The van der Waals surface area contributed by atoms with E-state index >= 15 is 0 Å². The third-order valence-electron chi connectivity index (χ3n) is 7.86. The number of rotatable bonds is 12. The average Bonchev–Trinajstić information content (AvgIpc) is 2.84. The molecule has 204 valence electrons. The molecule has 0 aromatic heterocycles. The largest absolute Gasteiger partial charge is 0.481 e. The molecule has 7 atom stereocenters. The topological polar surface area (TPSA) is 113 Å². The third-order valence-corrected chi connectivity index (χ3v) is 7.86. The SMILES string of the molecule is CCC(C)(Oc1ccc(C)cc1)C(=O)OC1CCC=C2C=CC(C)C(CCC(O)CC(O)CC(=O)O)C21. The van der Waals surface area contributed by atoms with Crippen LogP contribution in [0.25, 0.3) is 0 Å². The molecule has 2 aliphatic carbocycles. The molecule has 7 nitrogen and oxygen atoms in total. The molecule has 1 aromatic carbocycles. The number of carbonyl (C=O) groups excluding carboxylic acids is 1. The lowest BCUT2D eigenvalue weighted by Crippen LogP contribution is -2.47. The molecule has 3 N–H and O–H groups in total. The van der Waals surface area contributed by atoms with E-state index in [1.54, 1.807) is 6.92 Å². The van der Waals surface area contributed by atoms with Gasteiger partial charge in [-0.2, -0.15) is 0 Å². The van der Waals surface area contributed by atoms with Crippen LogP contribution < -0.4 is 4.74 Å². The summed E-state index contributed by atoms with van der Waals surface area (Å²) < 4.78 is 12.3. The molecule has 37 heavy (non-hydrogen) atoms. The van der Waals surface area contributed by atoms with Gasteiger partial charge in [0.05, 0.1) is 18.6 Å². The minimum atomic E-state index is -1.11. The average molecular weight is 515 g/mol. The Morgan fingerprint density at radius 1 is 1.16 bits per heavy atom. The van der Waals surface area contributed by atoms with Crippen LogP contribution in [0.15, 0.2) is 48.1 Å². The van der Waals surface area contributed by atoms with Crippen molar-refractivity contribution in [1.29, 1.82) is 0 Å². The molecule has 0 heterocycles. The smallest absolute Gasteiger partial charge is 0.350 e. The van der Waals surface area contributed by atoms with Crippen molar-refractivity contribution in [2.45, 2.75) is 96.6 Å². The van der Waals surface area contributed by atoms with Gasteiger partial charge in [0.25, 0.3) is 0 Å². The zero-order valence-corrected chi connectivity index (χ0v) is 22.4. The van der Waals surface area contributed by atoms with Crippen molar-refractivity contribution in [2.24, 2.45) is 17.8 Å². The molecular formula is C30H42O7. The zero-order valence-electron chi connectivity index (χ0n) is 22.4. The summed E-state index contributed by atoms with van der Waals surface area (Å²) in [4.78, 5) is 24.3. The van der Waals surface area contributed by atoms with Crippen LogP contribution in [0.1, 0.15) is 71.3 Å². The fourth-order valence-corrected chi connectivity index (χ4v) is 5.44. The highest BCUT2D eigenvalue weighted by Crippen LogP contribution is 2.44. The fourth-order valence-electron chi connectivity index (χ4n) is 5.44.